The molecule has 3 heteroatoms. The second-order valence-electron chi connectivity index (χ2n) is 3.67. The highest BCUT2D eigenvalue weighted by Crippen LogP contribution is 2.07. The molecule has 0 bridgehead atoms. The third kappa shape index (κ3) is 4.46. The minimum Gasteiger partial charge on any atom is -1.00 e. The van der Waals surface area contributed by atoms with E-state index in [9.17, 15) is 0 Å². The quantitative estimate of drug-likeness (QED) is 0.588. The van der Waals surface area contributed by atoms with Crippen LogP contribution in [0.1, 0.15) is 26.7 Å². The fraction of sp³-hybridized carbons (Fsp3) is 0.700. The van der Waals surface area contributed by atoms with Crippen molar-refractivity contribution in [2.75, 3.05) is 0 Å². The smallest absolute Gasteiger partial charge is 0.243 e. The maximum absolute atomic E-state index is 2.31. The molecule has 0 radical (unpaired) electrons. The van der Waals surface area contributed by atoms with Gasteiger partial charge in [-0.05, 0) is 12.3 Å². The van der Waals surface area contributed by atoms with Crippen molar-refractivity contribution < 1.29 is 21.5 Å². The highest BCUT2D eigenvalue weighted by molar-refractivity contribution is 4.67. The fourth-order valence-corrected chi connectivity index (χ4v) is 1.55. The Morgan fingerprint density at radius 1 is 1.46 bits per heavy atom. The van der Waals surface area contributed by atoms with Gasteiger partial charge in [-0.1, -0.05) is 20.3 Å². The van der Waals surface area contributed by atoms with Gasteiger partial charge < -0.3 is 17.0 Å². The topological polar surface area (TPSA) is 8.81 Å². The molecule has 1 heterocycles. The summed E-state index contributed by atoms with van der Waals surface area (Å²) in [5.41, 5.74) is 0. The maximum atomic E-state index is 2.31. The van der Waals surface area contributed by atoms with Gasteiger partial charge >= 0.3 is 0 Å². The molecule has 0 saturated heterocycles. The van der Waals surface area contributed by atoms with Crippen molar-refractivity contribution in [3.8, 4) is 0 Å². The summed E-state index contributed by atoms with van der Waals surface area (Å²) in [6.07, 6.45) is 8.95. The van der Waals surface area contributed by atoms with Crippen molar-refractivity contribution in [1.29, 1.82) is 0 Å². The minimum absolute atomic E-state index is 0. The molecule has 13 heavy (non-hydrogen) atoms. The summed E-state index contributed by atoms with van der Waals surface area (Å²) >= 11 is 0. The third-order valence-electron chi connectivity index (χ3n) is 2.13. The van der Waals surface area contributed by atoms with Crippen LogP contribution in [0.2, 0.25) is 0 Å². The van der Waals surface area contributed by atoms with Crippen molar-refractivity contribution in [2.45, 2.75) is 33.2 Å². The first kappa shape index (κ1) is 12.7. The van der Waals surface area contributed by atoms with Crippen LogP contribution in [0.3, 0.4) is 0 Å². The van der Waals surface area contributed by atoms with Crippen LogP contribution in [0, 0.1) is 5.92 Å². The molecule has 76 valence electrons. The molecule has 1 atom stereocenters. The lowest BCUT2D eigenvalue weighted by Gasteiger charge is -2.05. The highest BCUT2D eigenvalue weighted by atomic mass is 79.9. The van der Waals surface area contributed by atoms with Gasteiger partial charge in [0.05, 0.1) is 13.6 Å². The summed E-state index contributed by atoms with van der Waals surface area (Å²) in [7, 11) is 2.06. The first-order valence-electron chi connectivity index (χ1n) is 4.73. The zero-order valence-electron chi connectivity index (χ0n) is 8.70. The molecular formula is C10H19BrN2. The van der Waals surface area contributed by atoms with Crippen LogP contribution in [-0.4, -0.2) is 4.57 Å². The third-order valence-corrected chi connectivity index (χ3v) is 2.13. The monoisotopic (exact) mass is 246 g/mol. The van der Waals surface area contributed by atoms with Crippen LogP contribution in [0.5, 0.6) is 0 Å². The van der Waals surface area contributed by atoms with E-state index in [-0.39, 0.29) is 17.0 Å². The Bertz CT molecular complexity index is 233. The van der Waals surface area contributed by atoms with E-state index in [2.05, 4.69) is 48.8 Å². The van der Waals surface area contributed by atoms with Crippen molar-refractivity contribution in [3.63, 3.8) is 0 Å². The average Bonchev–Trinajstić information content (AvgIpc) is 2.36. The number of halogens is 1. The predicted molar refractivity (Wildman–Crippen MR) is 49.7 cm³/mol. The highest BCUT2D eigenvalue weighted by Gasteiger charge is 2.05. The average molecular weight is 247 g/mol. The van der Waals surface area contributed by atoms with Gasteiger partial charge in [0.1, 0.15) is 12.4 Å². The second kappa shape index (κ2) is 6.19. The molecule has 0 aliphatic carbocycles. The molecule has 0 N–H and O–H groups in total. The van der Waals surface area contributed by atoms with Crippen molar-refractivity contribution in [1.82, 2.24) is 4.57 Å². The molecule has 0 fully saturated rings. The van der Waals surface area contributed by atoms with E-state index in [0.717, 1.165) is 12.5 Å². The largest absolute Gasteiger partial charge is 1.00 e. The lowest BCUT2D eigenvalue weighted by atomic mass is 10.1. The summed E-state index contributed by atoms with van der Waals surface area (Å²) in [6, 6.07) is 0. The molecule has 1 aromatic heterocycles. The molecule has 0 saturated carbocycles. The molecule has 2 nitrogen and oxygen atoms in total. The van der Waals surface area contributed by atoms with Crippen LogP contribution < -0.4 is 21.5 Å². The van der Waals surface area contributed by atoms with Crippen molar-refractivity contribution in [2.24, 2.45) is 13.0 Å². The van der Waals surface area contributed by atoms with Crippen molar-refractivity contribution in [3.05, 3.63) is 18.7 Å². The first-order valence-corrected chi connectivity index (χ1v) is 4.73. The number of nitrogens with zero attached hydrogens (tertiary/aromatic N) is 2. The van der Waals surface area contributed by atoms with E-state index >= 15 is 0 Å². The molecule has 1 rings (SSSR count). The molecule has 0 aliphatic rings. The van der Waals surface area contributed by atoms with Gasteiger partial charge in [0.15, 0.2) is 0 Å². The van der Waals surface area contributed by atoms with Gasteiger partial charge in [0, 0.05) is 0 Å². The summed E-state index contributed by atoms with van der Waals surface area (Å²) in [4.78, 5) is 0. The van der Waals surface area contributed by atoms with E-state index in [0.29, 0.717) is 0 Å². The van der Waals surface area contributed by atoms with Crippen LogP contribution in [0.4, 0.5) is 0 Å². The SMILES string of the molecule is CCCC(C)Cn1cc[n+](C)c1.[Br-]. The van der Waals surface area contributed by atoms with Crippen LogP contribution in [0.15, 0.2) is 18.7 Å². The Hall–Kier alpha value is -0.310. The van der Waals surface area contributed by atoms with Gasteiger partial charge in [0.2, 0.25) is 6.33 Å². The number of aromatic nitrogens is 2. The Labute approximate surface area is 91.3 Å². The first-order chi connectivity index (χ1) is 5.72. The van der Waals surface area contributed by atoms with Gasteiger partial charge in [-0.3, -0.25) is 0 Å². The van der Waals surface area contributed by atoms with Gasteiger partial charge in [-0.15, -0.1) is 0 Å². The molecule has 1 aromatic rings. The fourth-order valence-electron chi connectivity index (χ4n) is 1.55. The number of rotatable bonds is 4. The lowest BCUT2D eigenvalue weighted by molar-refractivity contribution is -0.671. The summed E-state index contributed by atoms with van der Waals surface area (Å²) in [5.74, 6) is 0.794. The Morgan fingerprint density at radius 3 is 2.62 bits per heavy atom. The maximum Gasteiger partial charge on any atom is 0.243 e. The molecule has 0 amide bonds. The van der Waals surface area contributed by atoms with E-state index < -0.39 is 0 Å². The Balaban J connectivity index is 0.00000144. The molecule has 1 unspecified atom stereocenters. The zero-order chi connectivity index (χ0) is 8.97. The van der Waals surface area contributed by atoms with Crippen LogP contribution in [0.25, 0.3) is 0 Å². The van der Waals surface area contributed by atoms with Crippen LogP contribution >= 0.6 is 0 Å². The van der Waals surface area contributed by atoms with Gasteiger partial charge in [-0.25, -0.2) is 9.13 Å². The summed E-state index contributed by atoms with van der Waals surface area (Å²) in [6.45, 7) is 5.70. The number of aryl methyl sites for hydroxylation is 1. The molecule has 0 spiro atoms. The van der Waals surface area contributed by atoms with Crippen molar-refractivity contribution >= 4 is 0 Å². The van der Waals surface area contributed by atoms with E-state index in [4.69, 9.17) is 0 Å². The predicted octanol–water partition coefficient (Wildman–Crippen LogP) is -1.25. The van der Waals surface area contributed by atoms with Gasteiger partial charge in [-0.2, -0.15) is 0 Å². The van der Waals surface area contributed by atoms with Crippen LogP contribution in [-0.2, 0) is 13.6 Å². The molecule has 0 aliphatic heterocycles. The number of hydrogen-bond acceptors (Lipinski definition) is 0. The lowest BCUT2D eigenvalue weighted by Crippen LogP contribution is -3.00. The zero-order valence-corrected chi connectivity index (χ0v) is 10.3. The number of hydrogen-bond donors (Lipinski definition) is 0. The normalized spacial score (nSPS) is 12.2. The second-order valence-corrected chi connectivity index (χ2v) is 3.67. The molecule has 0 aromatic carbocycles. The summed E-state index contributed by atoms with van der Waals surface area (Å²) < 4.78 is 4.33. The minimum atomic E-state index is 0. The van der Waals surface area contributed by atoms with E-state index in [1.807, 2.05) is 0 Å². The Morgan fingerprint density at radius 2 is 2.15 bits per heavy atom. The summed E-state index contributed by atoms with van der Waals surface area (Å²) in [5, 5.41) is 0. The Kier molecular flexibility index (Phi) is 6.04. The standard InChI is InChI=1S/C10H19N2.BrH/c1-4-5-10(2)8-12-7-6-11(3)9-12;/h6-7,9-10H,4-5,8H2,1-3H3;1H/q+1;/p-1. The molecular weight excluding hydrogens is 228 g/mol. The van der Waals surface area contributed by atoms with E-state index in [1.165, 1.54) is 12.8 Å². The number of imidazole rings is 1. The van der Waals surface area contributed by atoms with Gasteiger partial charge in [0.25, 0.3) is 0 Å². The van der Waals surface area contributed by atoms with E-state index in [1.54, 1.807) is 0 Å².